The molecule has 0 amide bonds. The van der Waals surface area contributed by atoms with Gasteiger partial charge < -0.3 is 5.32 Å². The van der Waals surface area contributed by atoms with E-state index in [0.717, 1.165) is 32.2 Å². The maximum atomic E-state index is 11.9. The first-order valence-electron chi connectivity index (χ1n) is 5.35. The second-order valence-electron chi connectivity index (χ2n) is 3.87. The molecule has 92 valence electrons. The molecule has 0 spiro atoms. The van der Waals surface area contributed by atoms with Crippen molar-refractivity contribution in [3.63, 3.8) is 0 Å². The Bertz CT molecular complexity index is 148. The minimum absolute atomic E-state index is 0.527. The van der Waals surface area contributed by atoms with Crippen LogP contribution in [0.2, 0.25) is 0 Å². The lowest BCUT2D eigenvalue weighted by Gasteiger charge is -2.18. The van der Waals surface area contributed by atoms with Gasteiger partial charge in [0.15, 0.2) is 0 Å². The predicted octanol–water partition coefficient (Wildman–Crippen LogP) is 2.26. The molecule has 0 aliphatic heterocycles. The molecule has 0 aliphatic rings. The lowest BCUT2D eigenvalue weighted by atomic mass is 10.2. The van der Waals surface area contributed by atoms with Crippen LogP contribution in [0.1, 0.15) is 25.7 Å². The molecule has 0 saturated carbocycles. The number of nitrogens with one attached hydrogen (secondary N) is 1. The normalized spacial score (nSPS) is 12.4. The number of hydrogen-bond donors (Lipinski definition) is 1. The number of halogens is 3. The Kier molecular flexibility index (Phi) is 7.78. The Morgan fingerprint density at radius 1 is 1.07 bits per heavy atom. The highest BCUT2D eigenvalue weighted by Gasteiger charge is 2.28. The maximum absolute atomic E-state index is 11.9. The van der Waals surface area contributed by atoms with Gasteiger partial charge in [0.05, 0.1) is 6.54 Å². The highest BCUT2D eigenvalue weighted by atomic mass is 19.4. The topological polar surface area (TPSA) is 15.3 Å². The Hall–Kier alpha value is -0.290. The van der Waals surface area contributed by atoms with E-state index < -0.39 is 12.7 Å². The third-order valence-corrected chi connectivity index (χ3v) is 2.17. The Labute approximate surface area is 89.8 Å². The molecule has 0 rings (SSSR count). The van der Waals surface area contributed by atoms with Gasteiger partial charge in [0.25, 0.3) is 0 Å². The molecule has 0 radical (unpaired) electrons. The molecule has 2 nitrogen and oxygen atoms in total. The Morgan fingerprint density at radius 2 is 1.67 bits per heavy atom. The number of rotatable bonds is 8. The van der Waals surface area contributed by atoms with E-state index in [-0.39, 0.29) is 0 Å². The van der Waals surface area contributed by atoms with E-state index in [9.17, 15) is 13.2 Å². The zero-order chi connectivity index (χ0) is 11.7. The molecule has 0 bridgehead atoms. The van der Waals surface area contributed by atoms with Crippen LogP contribution in [0.3, 0.4) is 0 Å². The van der Waals surface area contributed by atoms with Gasteiger partial charge in [-0.2, -0.15) is 13.2 Å². The summed E-state index contributed by atoms with van der Waals surface area (Å²) in [5, 5.41) is 3.04. The summed E-state index contributed by atoms with van der Waals surface area (Å²) in [5.41, 5.74) is 0. The van der Waals surface area contributed by atoms with E-state index in [1.807, 2.05) is 7.05 Å². The highest BCUT2D eigenvalue weighted by Crippen LogP contribution is 2.15. The van der Waals surface area contributed by atoms with E-state index in [0.29, 0.717) is 6.54 Å². The van der Waals surface area contributed by atoms with Gasteiger partial charge in [0.1, 0.15) is 0 Å². The van der Waals surface area contributed by atoms with Crippen molar-refractivity contribution >= 4 is 0 Å². The zero-order valence-electron chi connectivity index (χ0n) is 9.53. The van der Waals surface area contributed by atoms with Crippen molar-refractivity contribution in [3.8, 4) is 0 Å². The summed E-state index contributed by atoms with van der Waals surface area (Å²) in [6.07, 6.45) is -0.0404. The van der Waals surface area contributed by atoms with Gasteiger partial charge in [-0.1, -0.05) is 12.8 Å². The van der Waals surface area contributed by atoms with Crippen molar-refractivity contribution in [2.75, 3.05) is 33.7 Å². The summed E-state index contributed by atoms with van der Waals surface area (Å²) >= 11 is 0. The van der Waals surface area contributed by atoms with Gasteiger partial charge in [0, 0.05) is 0 Å². The average Bonchev–Trinajstić information content (AvgIpc) is 2.08. The van der Waals surface area contributed by atoms with E-state index in [2.05, 4.69) is 5.32 Å². The summed E-state index contributed by atoms with van der Waals surface area (Å²) in [7, 11) is 3.41. The standard InChI is InChI=1S/C10H21F3N2/c1-14-7-5-3-4-6-8-15(2)9-10(11,12)13/h14H,3-9H2,1-2H3. The van der Waals surface area contributed by atoms with Gasteiger partial charge in [-0.25, -0.2) is 0 Å². The van der Waals surface area contributed by atoms with E-state index in [1.165, 1.54) is 11.9 Å². The van der Waals surface area contributed by atoms with Crippen LogP contribution in [0.25, 0.3) is 0 Å². The first-order chi connectivity index (χ1) is 6.95. The van der Waals surface area contributed by atoms with Gasteiger partial charge in [-0.05, 0) is 40.0 Å². The van der Waals surface area contributed by atoms with Crippen molar-refractivity contribution in [1.82, 2.24) is 10.2 Å². The van der Waals surface area contributed by atoms with Gasteiger partial charge in [0.2, 0.25) is 0 Å². The molecule has 15 heavy (non-hydrogen) atoms. The molecule has 0 fully saturated rings. The summed E-state index contributed by atoms with van der Waals surface area (Å²) in [6.45, 7) is 0.709. The first-order valence-corrected chi connectivity index (χ1v) is 5.35. The second kappa shape index (κ2) is 7.93. The molecular weight excluding hydrogens is 205 g/mol. The lowest BCUT2D eigenvalue weighted by Crippen LogP contribution is -2.31. The average molecular weight is 226 g/mol. The lowest BCUT2D eigenvalue weighted by molar-refractivity contribution is -0.143. The fraction of sp³-hybridized carbons (Fsp3) is 1.00. The van der Waals surface area contributed by atoms with Crippen LogP contribution in [0.15, 0.2) is 0 Å². The molecule has 5 heteroatoms. The minimum Gasteiger partial charge on any atom is -0.320 e. The van der Waals surface area contributed by atoms with Crippen LogP contribution in [0, 0.1) is 0 Å². The molecule has 0 aromatic rings. The fourth-order valence-electron chi connectivity index (χ4n) is 1.42. The monoisotopic (exact) mass is 226 g/mol. The molecule has 0 heterocycles. The molecule has 0 saturated heterocycles. The number of nitrogens with zero attached hydrogens (tertiary/aromatic N) is 1. The first kappa shape index (κ1) is 14.7. The van der Waals surface area contributed by atoms with Crippen molar-refractivity contribution < 1.29 is 13.2 Å². The zero-order valence-corrected chi connectivity index (χ0v) is 9.53. The molecular formula is C10H21F3N2. The third-order valence-electron chi connectivity index (χ3n) is 2.17. The van der Waals surface area contributed by atoms with Crippen LogP contribution in [0.5, 0.6) is 0 Å². The van der Waals surface area contributed by atoms with Crippen LogP contribution < -0.4 is 5.32 Å². The van der Waals surface area contributed by atoms with Crippen molar-refractivity contribution in [2.45, 2.75) is 31.9 Å². The molecule has 0 atom stereocenters. The van der Waals surface area contributed by atoms with Crippen molar-refractivity contribution in [1.29, 1.82) is 0 Å². The number of unbranched alkanes of at least 4 members (excludes halogenated alkanes) is 3. The van der Waals surface area contributed by atoms with Gasteiger partial charge in [-0.15, -0.1) is 0 Å². The van der Waals surface area contributed by atoms with Gasteiger partial charge in [-0.3, -0.25) is 4.90 Å². The number of hydrogen-bond acceptors (Lipinski definition) is 2. The van der Waals surface area contributed by atoms with Gasteiger partial charge >= 0.3 is 6.18 Å². The summed E-state index contributed by atoms with van der Waals surface area (Å²) < 4.78 is 35.8. The van der Waals surface area contributed by atoms with E-state index >= 15 is 0 Å². The SMILES string of the molecule is CNCCCCCCN(C)CC(F)(F)F. The smallest absolute Gasteiger partial charge is 0.320 e. The quantitative estimate of drug-likeness (QED) is 0.639. The molecule has 0 aromatic heterocycles. The molecule has 0 aliphatic carbocycles. The largest absolute Gasteiger partial charge is 0.401 e. The van der Waals surface area contributed by atoms with Crippen molar-refractivity contribution in [2.24, 2.45) is 0 Å². The summed E-state index contributed by atoms with van der Waals surface area (Å²) in [5.74, 6) is 0. The van der Waals surface area contributed by atoms with Crippen LogP contribution in [-0.4, -0.2) is 44.8 Å². The second-order valence-corrected chi connectivity index (χ2v) is 3.87. The van der Waals surface area contributed by atoms with Crippen LogP contribution in [-0.2, 0) is 0 Å². The highest BCUT2D eigenvalue weighted by molar-refractivity contribution is 4.58. The number of alkyl halides is 3. The molecule has 0 unspecified atom stereocenters. The van der Waals surface area contributed by atoms with Crippen molar-refractivity contribution in [3.05, 3.63) is 0 Å². The fourth-order valence-corrected chi connectivity index (χ4v) is 1.42. The molecule has 1 N–H and O–H groups in total. The van der Waals surface area contributed by atoms with E-state index in [1.54, 1.807) is 0 Å². The maximum Gasteiger partial charge on any atom is 0.401 e. The molecule has 0 aromatic carbocycles. The van der Waals surface area contributed by atoms with Crippen LogP contribution in [0.4, 0.5) is 13.2 Å². The van der Waals surface area contributed by atoms with E-state index in [4.69, 9.17) is 0 Å². The summed E-state index contributed by atoms with van der Waals surface area (Å²) in [4.78, 5) is 1.33. The summed E-state index contributed by atoms with van der Waals surface area (Å²) in [6, 6.07) is 0. The van der Waals surface area contributed by atoms with Crippen LogP contribution >= 0.6 is 0 Å². The minimum atomic E-state index is -4.07. The third kappa shape index (κ3) is 11.6. The Balaban J connectivity index is 3.28. The predicted molar refractivity (Wildman–Crippen MR) is 55.9 cm³/mol. The Morgan fingerprint density at radius 3 is 2.20 bits per heavy atom.